The Morgan fingerprint density at radius 1 is 1.20 bits per heavy atom. The maximum atomic E-state index is 12.0. The molecule has 0 aromatic heterocycles. The number of unbranched alkanes of at least 4 members (excludes halogenated alkanes) is 1. The summed E-state index contributed by atoms with van der Waals surface area (Å²) >= 11 is 0. The first-order valence-electron chi connectivity index (χ1n) is 7.68. The first-order valence-corrected chi connectivity index (χ1v) is 7.68. The highest BCUT2D eigenvalue weighted by molar-refractivity contribution is 5.76. The summed E-state index contributed by atoms with van der Waals surface area (Å²) < 4.78 is 0. The van der Waals surface area contributed by atoms with Crippen LogP contribution in [0, 0.1) is 0 Å². The predicted molar refractivity (Wildman–Crippen MR) is 80.5 cm³/mol. The fraction of sp³-hybridized carbons (Fsp3) is 0.867. The van der Waals surface area contributed by atoms with Gasteiger partial charge in [-0.3, -0.25) is 4.79 Å². The summed E-state index contributed by atoms with van der Waals surface area (Å²) in [7, 11) is 0. The Bertz CT molecular complexity index is 329. The van der Waals surface area contributed by atoms with E-state index in [1.807, 2.05) is 25.7 Å². The lowest BCUT2D eigenvalue weighted by atomic mass is 10.0. The molecule has 116 valence electrons. The van der Waals surface area contributed by atoms with Crippen LogP contribution in [0.25, 0.3) is 0 Å². The third-order valence-corrected chi connectivity index (χ3v) is 3.39. The number of rotatable bonds is 4. The molecule has 1 aliphatic rings. The van der Waals surface area contributed by atoms with Gasteiger partial charge in [-0.1, -0.05) is 13.3 Å². The molecule has 0 aromatic rings. The molecule has 0 unspecified atom stereocenters. The number of piperidine rings is 1. The van der Waals surface area contributed by atoms with Gasteiger partial charge in [0.15, 0.2) is 0 Å². The summed E-state index contributed by atoms with van der Waals surface area (Å²) in [4.78, 5) is 25.5. The van der Waals surface area contributed by atoms with Gasteiger partial charge in [0.25, 0.3) is 0 Å². The molecule has 0 spiro atoms. The zero-order valence-electron chi connectivity index (χ0n) is 13.3. The lowest BCUT2D eigenvalue weighted by molar-refractivity contribution is -0.122. The monoisotopic (exact) mass is 283 g/mol. The van der Waals surface area contributed by atoms with E-state index in [-0.39, 0.29) is 23.5 Å². The van der Waals surface area contributed by atoms with Crippen molar-refractivity contribution >= 4 is 11.9 Å². The largest absolute Gasteiger partial charge is 0.353 e. The second kappa shape index (κ2) is 7.50. The van der Waals surface area contributed by atoms with Crippen molar-refractivity contribution in [3.05, 3.63) is 0 Å². The molecule has 1 rings (SSSR count). The highest BCUT2D eigenvalue weighted by atomic mass is 16.2. The highest BCUT2D eigenvalue weighted by Crippen LogP contribution is 2.12. The third kappa shape index (κ3) is 6.26. The number of amides is 3. The van der Waals surface area contributed by atoms with Gasteiger partial charge >= 0.3 is 6.03 Å². The van der Waals surface area contributed by atoms with E-state index in [4.69, 9.17) is 0 Å². The van der Waals surface area contributed by atoms with Crippen molar-refractivity contribution in [1.29, 1.82) is 0 Å². The quantitative estimate of drug-likeness (QED) is 0.831. The molecule has 0 saturated carbocycles. The fourth-order valence-electron chi connectivity index (χ4n) is 2.26. The lowest BCUT2D eigenvalue weighted by Gasteiger charge is -2.34. The van der Waals surface area contributed by atoms with Crippen LogP contribution in [0.5, 0.6) is 0 Å². The van der Waals surface area contributed by atoms with Crippen LogP contribution in [0.3, 0.4) is 0 Å². The van der Waals surface area contributed by atoms with Crippen LogP contribution in [-0.2, 0) is 4.79 Å². The molecule has 1 saturated heterocycles. The van der Waals surface area contributed by atoms with Crippen LogP contribution in [0.1, 0.15) is 59.8 Å². The maximum absolute atomic E-state index is 12.0. The van der Waals surface area contributed by atoms with Crippen LogP contribution in [0.15, 0.2) is 0 Å². The molecule has 2 N–H and O–H groups in total. The molecule has 1 aliphatic heterocycles. The van der Waals surface area contributed by atoms with E-state index in [2.05, 4.69) is 17.6 Å². The first-order chi connectivity index (χ1) is 9.31. The smallest absolute Gasteiger partial charge is 0.317 e. The van der Waals surface area contributed by atoms with E-state index in [0.29, 0.717) is 19.5 Å². The van der Waals surface area contributed by atoms with E-state index in [1.165, 1.54) is 0 Å². The number of nitrogens with one attached hydrogen (secondary N) is 2. The Labute approximate surface area is 122 Å². The normalized spacial score (nSPS) is 16.9. The zero-order chi connectivity index (χ0) is 15.2. The minimum atomic E-state index is -0.206. The van der Waals surface area contributed by atoms with Gasteiger partial charge in [-0.05, 0) is 40.0 Å². The van der Waals surface area contributed by atoms with Gasteiger partial charge in [0.1, 0.15) is 0 Å². The Balaban J connectivity index is 2.29. The van der Waals surface area contributed by atoms with E-state index < -0.39 is 0 Å². The van der Waals surface area contributed by atoms with E-state index in [1.54, 1.807) is 0 Å². The number of hydrogen-bond acceptors (Lipinski definition) is 2. The number of urea groups is 1. The molecule has 20 heavy (non-hydrogen) atoms. The van der Waals surface area contributed by atoms with Gasteiger partial charge in [-0.15, -0.1) is 0 Å². The molecule has 0 aromatic carbocycles. The van der Waals surface area contributed by atoms with Crippen LogP contribution in [0.4, 0.5) is 4.79 Å². The summed E-state index contributed by atoms with van der Waals surface area (Å²) in [6, 6.07) is 0.214. The Hall–Kier alpha value is -1.26. The molecule has 1 heterocycles. The van der Waals surface area contributed by atoms with Crippen molar-refractivity contribution in [2.24, 2.45) is 0 Å². The van der Waals surface area contributed by atoms with Crippen LogP contribution in [-0.4, -0.2) is 41.5 Å². The molecule has 5 heteroatoms. The summed E-state index contributed by atoms with van der Waals surface area (Å²) in [5.41, 5.74) is -0.206. The minimum absolute atomic E-state index is 0.00624. The number of likely N-dealkylation sites (tertiary alicyclic amines) is 1. The van der Waals surface area contributed by atoms with Crippen molar-refractivity contribution < 1.29 is 9.59 Å². The molecule has 0 bridgehead atoms. The van der Waals surface area contributed by atoms with E-state index in [0.717, 1.165) is 25.7 Å². The second-order valence-electron chi connectivity index (χ2n) is 6.61. The number of nitrogens with zero attached hydrogens (tertiary/aromatic N) is 1. The first kappa shape index (κ1) is 16.8. The number of carbonyl (C=O) groups is 2. The van der Waals surface area contributed by atoms with Gasteiger partial charge in [-0.25, -0.2) is 4.79 Å². The molecular weight excluding hydrogens is 254 g/mol. The summed E-state index contributed by atoms with van der Waals surface area (Å²) in [5, 5.41) is 6.04. The molecule has 1 fully saturated rings. The average molecular weight is 283 g/mol. The van der Waals surface area contributed by atoms with Crippen molar-refractivity contribution in [1.82, 2.24) is 15.5 Å². The van der Waals surface area contributed by atoms with E-state index in [9.17, 15) is 9.59 Å². The van der Waals surface area contributed by atoms with Crippen molar-refractivity contribution in [2.45, 2.75) is 71.4 Å². The standard InChI is InChI=1S/C15H29N3O2/c1-5-6-7-13(19)16-12-8-10-18(11-9-12)14(20)17-15(2,3)4/h12H,5-11H2,1-4H3,(H,16,19)(H,17,20). The van der Waals surface area contributed by atoms with Gasteiger partial charge in [-0.2, -0.15) is 0 Å². The van der Waals surface area contributed by atoms with E-state index >= 15 is 0 Å². The Morgan fingerprint density at radius 3 is 2.30 bits per heavy atom. The lowest BCUT2D eigenvalue weighted by Crippen LogP contribution is -2.53. The van der Waals surface area contributed by atoms with Gasteiger partial charge in [0.05, 0.1) is 0 Å². The van der Waals surface area contributed by atoms with Gasteiger partial charge in [0.2, 0.25) is 5.91 Å². The topological polar surface area (TPSA) is 61.4 Å². The molecule has 0 radical (unpaired) electrons. The van der Waals surface area contributed by atoms with Crippen LogP contribution in [0.2, 0.25) is 0 Å². The number of hydrogen-bond donors (Lipinski definition) is 2. The SMILES string of the molecule is CCCCC(=O)NC1CCN(C(=O)NC(C)(C)C)CC1. The van der Waals surface area contributed by atoms with Crippen LogP contribution < -0.4 is 10.6 Å². The maximum Gasteiger partial charge on any atom is 0.317 e. The number of carbonyl (C=O) groups excluding carboxylic acids is 2. The molecule has 3 amide bonds. The highest BCUT2D eigenvalue weighted by Gasteiger charge is 2.25. The Kier molecular flexibility index (Phi) is 6.30. The van der Waals surface area contributed by atoms with Gasteiger partial charge in [0, 0.05) is 31.1 Å². The summed E-state index contributed by atoms with van der Waals surface area (Å²) in [5.74, 6) is 0.143. The van der Waals surface area contributed by atoms with Crippen molar-refractivity contribution in [3.63, 3.8) is 0 Å². The molecular formula is C15H29N3O2. The second-order valence-corrected chi connectivity index (χ2v) is 6.61. The molecule has 0 atom stereocenters. The van der Waals surface area contributed by atoms with Crippen LogP contribution >= 0.6 is 0 Å². The predicted octanol–water partition coefficient (Wildman–Crippen LogP) is 2.27. The third-order valence-electron chi connectivity index (χ3n) is 3.39. The molecule has 0 aliphatic carbocycles. The van der Waals surface area contributed by atoms with Crippen molar-refractivity contribution in [2.75, 3.05) is 13.1 Å². The minimum Gasteiger partial charge on any atom is -0.353 e. The van der Waals surface area contributed by atoms with Gasteiger partial charge < -0.3 is 15.5 Å². The molecule has 5 nitrogen and oxygen atoms in total. The fourth-order valence-corrected chi connectivity index (χ4v) is 2.26. The average Bonchev–Trinajstić information content (AvgIpc) is 2.35. The Morgan fingerprint density at radius 2 is 1.80 bits per heavy atom. The zero-order valence-corrected chi connectivity index (χ0v) is 13.3. The summed E-state index contributed by atoms with van der Waals surface area (Å²) in [6.45, 7) is 9.43. The summed E-state index contributed by atoms with van der Waals surface area (Å²) in [6.07, 6.45) is 4.28. The van der Waals surface area contributed by atoms with Crippen molar-refractivity contribution in [3.8, 4) is 0 Å².